The van der Waals surface area contributed by atoms with Crippen molar-refractivity contribution in [3.8, 4) is 11.4 Å². The van der Waals surface area contributed by atoms with Crippen molar-refractivity contribution in [3.05, 3.63) is 55.9 Å². The van der Waals surface area contributed by atoms with E-state index in [-0.39, 0.29) is 12.2 Å². The normalized spacial score (nSPS) is 19.0. The van der Waals surface area contributed by atoms with Gasteiger partial charge in [-0.2, -0.15) is 0 Å². The molecule has 1 atom stereocenters. The summed E-state index contributed by atoms with van der Waals surface area (Å²) in [5.41, 5.74) is 14.4. The maximum Gasteiger partial charge on any atom is 0.340 e. The summed E-state index contributed by atoms with van der Waals surface area (Å²) >= 11 is 0. The Morgan fingerprint density at radius 3 is 2.79 bits per heavy atom. The molecule has 7 heteroatoms. The molecule has 1 unspecified atom stereocenters. The van der Waals surface area contributed by atoms with Gasteiger partial charge < -0.3 is 20.1 Å². The predicted molar refractivity (Wildman–Crippen MR) is 106 cm³/mol. The maximum absolute atomic E-state index is 13.1. The number of pyridine rings is 2. The van der Waals surface area contributed by atoms with Crippen LogP contribution in [-0.2, 0) is 35.5 Å². The number of hydrogen-bond acceptors (Lipinski definition) is 6. The van der Waals surface area contributed by atoms with Crippen LogP contribution in [0.1, 0.15) is 45.9 Å². The van der Waals surface area contributed by atoms with Gasteiger partial charge in [0.2, 0.25) is 0 Å². The predicted octanol–water partition coefficient (Wildman–Crippen LogP) is 1.89. The summed E-state index contributed by atoms with van der Waals surface area (Å²) in [6.45, 7) is 2.32. The molecule has 0 amide bonds. The van der Waals surface area contributed by atoms with E-state index in [0.717, 1.165) is 58.2 Å². The molecule has 3 N–H and O–H groups in total. The number of hydrogen-bond donors (Lipinski definition) is 2. The molecule has 3 aliphatic rings. The summed E-state index contributed by atoms with van der Waals surface area (Å²) in [5.74, 6) is -0.725. The van der Waals surface area contributed by atoms with E-state index in [1.165, 1.54) is 5.56 Å². The second kappa shape index (κ2) is 5.45. The number of carbonyl (C=O) groups excluding carboxylic acids is 1. The van der Waals surface area contributed by atoms with E-state index in [2.05, 4.69) is 0 Å². The van der Waals surface area contributed by atoms with Crippen LogP contribution in [0.15, 0.2) is 16.9 Å². The van der Waals surface area contributed by atoms with Crippen molar-refractivity contribution in [1.82, 2.24) is 9.55 Å². The van der Waals surface area contributed by atoms with E-state index in [0.29, 0.717) is 23.4 Å². The largest absolute Gasteiger partial charge is 0.458 e. The Labute approximate surface area is 165 Å². The molecule has 0 spiro atoms. The molecule has 29 heavy (non-hydrogen) atoms. The first-order valence-corrected chi connectivity index (χ1v) is 9.80. The number of anilines is 1. The van der Waals surface area contributed by atoms with Crippen molar-refractivity contribution >= 4 is 22.6 Å². The van der Waals surface area contributed by atoms with E-state index in [9.17, 15) is 14.7 Å². The number of ether oxygens (including phenoxy) is 1. The summed E-state index contributed by atoms with van der Waals surface area (Å²) in [7, 11) is 0. The van der Waals surface area contributed by atoms with Gasteiger partial charge in [-0.3, -0.25) is 4.79 Å². The maximum atomic E-state index is 13.1. The van der Waals surface area contributed by atoms with Crippen molar-refractivity contribution in [2.75, 3.05) is 5.73 Å². The summed E-state index contributed by atoms with van der Waals surface area (Å²) in [6.07, 6.45) is 1.43. The van der Waals surface area contributed by atoms with Crippen molar-refractivity contribution in [1.29, 1.82) is 0 Å². The second-order valence-corrected chi connectivity index (χ2v) is 8.12. The highest BCUT2D eigenvalue weighted by Gasteiger charge is 2.35. The SMILES string of the molecule is Cc1cc2nc3c(c4c2c(c1N)CCC4)Cn1c-3cc2c(c1=O)COC(=O)C2O. The second-order valence-electron chi connectivity index (χ2n) is 8.12. The van der Waals surface area contributed by atoms with Gasteiger partial charge >= 0.3 is 5.97 Å². The van der Waals surface area contributed by atoms with Crippen LogP contribution in [0.25, 0.3) is 22.3 Å². The Morgan fingerprint density at radius 2 is 1.97 bits per heavy atom. The minimum atomic E-state index is -1.44. The highest BCUT2D eigenvalue weighted by Crippen LogP contribution is 2.42. The third-order valence-corrected chi connectivity index (χ3v) is 6.57. The molecular weight excluding hydrogens is 370 g/mol. The fourth-order valence-electron chi connectivity index (χ4n) is 5.11. The van der Waals surface area contributed by atoms with Crippen LogP contribution in [0.4, 0.5) is 5.69 Å². The number of rotatable bonds is 0. The van der Waals surface area contributed by atoms with E-state index in [4.69, 9.17) is 15.5 Å². The van der Waals surface area contributed by atoms with Crippen molar-refractivity contribution in [3.63, 3.8) is 0 Å². The van der Waals surface area contributed by atoms with Gasteiger partial charge in [0.25, 0.3) is 5.56 Å². The van der Waals surface area contributed by atoms with Gasteiger partial charge in [0.15, 0.2) is 6.10 Å². The molecule has 0 saturated carbocycles. The number of aliphatic hydroxyl groups is 1. The van der Waals surface area contributed by atoms with E-state index >= 15 is 0 Å². The van der Waals surface area contributed by atoms with Crippen LogP contribution in [0.5, 0.6) is 0 Å². The molecule has 1 aliphatic carbocycles. The smallest absolute Gasteiger partial charge is 0.340 e. The van der Waals surface area contributed by atoms with Gasteiger partial charge in [-0.25, -0.2) is 9.78 Å². The Bertz CT molecular complexity index is 1340. The van der Waals surface area contributed by atoms with Crippen LogP contribution >= 0.6 is 0 Å². The highest BCUT2D eigenvalue weighted by molar-refractivity contribution is 5.95. The Kier molecular flexibility index (Phi) is 3.14. The van der Waals surface area contributed by atoms with Crippen molar-refractivity contribution < 1.29 is 14.6 Å². The zero-order valence-electron chi connectivity index (χ0n) is 15.9. The number of aromatic nitrogens is 2. The van der Waals surface area contributed by atoms with Crippen LogP contribution in [-0.4, -0.2) is 20.6 Å². The third kappa shape index (κ3) is 2.03. The fraction of sp³-hybridized carbons (Fsp3) is 0.318. The quantitative estimate of drug-likeness (QED) is 0.351. The van der Waals surface area contributed by atoms with Gasteiger partial charge in [-0.15, -0.1) is 0 Å². The number of aliphatic hydroxyl groups excluding tert-OH is 1. The Morgan fingerprint density at radius 1 is 1.17 bits per heavy atom. The van der Waals surface area contributed by atoms with Gasteiger partial charge in [-0.05, 0) is 55.0 Å². The monoisotopic (exact) mass is 389 g/mol. The first-order valence-electron chi connectivity index (χ1n) is 9.80. The molecule has 3 aromatic rings. The van der Waals surface area contributed by atoms with Gasteiger partial charge in [0.1, 0.15) is 6.61 Å². The number of fused-ring (bicyclic) bond motifs is 5. The average Bonchev–Trinajstić information content (AvgIpc) is 3.08. The molecule has 146 valence electrons. The molecule has 4 heterocycles. The number of esters is 1. The minimum absolute atomic E-state index is 0.108. The zero-order valence-corrected chi connectivity index (χ0v) is 15.9. The molecule has 2 aromatic heterocycles. The number of nitrogens with zero attached hydrogens (tertiary/aromatic N) is 2. The van der Waals surface area contributed by atoms with Crippen LogP contribution < -0.4 is 11.3 Å². The average molecular weight is 389 g/mol. The topological polar surface area (TPSA) is 107 Å². The number of aryl methyl sites for hydroxylation is 3. The molecule has 2 aliphatic heterocycles. The van der Waals surface area contributed by atoms with Crippen molar-refractivity contribution in [2.45, 2.75) is 45.4 Å². The summed E-state index contributed by atoms with van der Waals surface area (Å²) in [4.78, 5) is 29.8. The van der Waals surface area contributed by atoms with Crippen LogP contribution in [0, 0.1) is 6.92 Å². The number of benzene rings is 1. The number of nitrogens with two attached hydrogens (primary N) is 1. The number of carbonyl (C=O) groups is 1. The molecule has 7 nitrogen and oxygen atoms in total. The van der Waals surface area contributed by atoms with Gasteiger partial charge in [0.05, 0.1) is 29.0 Å². The third-order valence-electron chi connectivity index (χ3n) is 6.57. The number of cyclic esters (lactones) is 1. The zero-order chi connectivity index (χ0) is 20.0. The van der Waals surface area contributed by atoms with E-state index < -0.39 is 12.1 Å². The molecule has 0 saturated heterocycles. The Hall–Kier alpha value is -3.19. The number of nitrogen functional groups attached to an aromatic ring is 1. The van der Waals surface area contributed by atoms with Gasteiger partial charge in [-0.1, -0.05) is 0 Å². The summed E-state index contributed by atoms with van der Waals surface area (Å²) in [5, 5.41) is 11.4. The molecule has 0 bridgehead atoms. The van der Waals surface area contributed by atoms with E-state index in [1.807, 2.05) is 13.0 Å². The molecule has 0 fully saturated rings. The summed E-state index contributed by atoms with van der Waals surface area (Å²) in [6, 6.07) is 3.74. The molecule has 0 radical (unpaired) electrons. The fourth-order valence-corrected chi connectivity index (χ4v) is 5.11. The molecular formula is C22H19N3O4. The standard InChI is InChI=1S/C22H19N3O4/c1-9-5-15-17-10(3-2-4-11(17)18(9)23)13-7-25-16(19(13)24-15)6-12-14(21(25)27)8-29-22(28)20(12)26/h5-6,20,26H,2-4,7-8,23H2,1H3. The Balaban J connectivity index is 1.68. The molecule has 1 aromatic carbocycles. The molecule has 6 rings (SSSR count). The lowest BCUT2D eigenvalue weighted by atomic mass is 9.85. The van der Waals surface area contributed by atoms with Gasteiger partial charge in [0, 0.05) is 22.2 Å². The van der Waals surface area contributed by atoms with E-state index in [1.54, 1.807) is 10.6 Å². The first-order chi connectivity index (χ1) is 14.0. The summed E-state index contributed by atoms with van der Waals surface area (Å²) < 4.78 is 6.64. The first kappa shape index (κ1) is 16.7. The lowest BCUT2D eigenvalue weighted by molar-refractivity contribution is -0.157. The minimum Gasteiger partial charge on any atom is -0.458 e. The van der Waals surface area contributed by atoms with Crippen molar-refractivity contribution in [2.24, 2.45) is 0 Å². The highest BCUT2D eigenvalue weighted by atomic mass is 16.5. The lowest BCUT2D eigenvalue weighted by Gasteiger charge is -2.22. The lowest BCUT2D eigenvalue weighted by Crippen LogP contribution is -2.32. The van der Waals surface area contributed by atoms with Crippen LogP contribution in [0.3, 0.4) is 0 Å². The van der Waals surface area contributed by atoms with Crippen LogP contribution in [0.2, 0.25) is 0 Å².